The van der Waals surface area contributed by atoms with Gasteiger partial charge in [-0.15, -0.1) is 0 Å². The van der Waals surface area contributed by atoms with Gasteiger partial charge in [0.15, 0.2) is 0 Å². The van der Waals surface area contributed by atoms with Gasteiger partial charge < -0.3 is 10.0 Å². The molecule has 3 nitrogen and oxygen atoms in total. The minimum atomic E-state index is -0.306. The zero-order valence-electron chi connectivity index (χ0n) is 10.3. The van der Waals surface area contributed by atoms with Gasteiger partial charge in [-0.3, -0.25) is 4.79 Å². The molecule has 1 amide bonds. The predicted octanol–water partition coefficient (Wildman–Crippen LogP) is 1.60. The molecule has 1 aromatic carbocycles. The van der Waals surface area contributed by atoms with Crippen LogP contribution in [0, 0.1) is 11.7 Å². The van der Waals surface area contributed by atoms with Crippen molar-refractivity contribution in [3.63, 3.8) is 0 Å². The third-order valence-corrected chi connectivity index (χ3v) is 3.42. The second-order valence-electron chi connectivity index (χ2n) is 4.81. The standard InChI is InChI=1S/C14H18FNO2/c15-13-3-1-2-12(8-13)9-14(18)16-6-4-11(10-16)5-7-17/h1-3,8,11,17H,4-7,9-10H2. The van der Waals surface area contributed by atoms with Gasteiger partial charge in [-0.1, -0.05) is 12.1 Å². The van der Waals surface area contributed by atoms with Crippen LogP contribution in [0.2, 0.25) is 0 Å². The Morgan fingerprint density at radius 2 is 2.33 bits per heavy atom. The van der Waals surface area contributed by atoms with Crippen LogP contribution in [-0.2, 0) is 11.2 Å². The highest BCUT2D eigenvalue weighted by Gasteiger charge is 2.25. The Morgan fingerprint density at radius 1 is 1.50 bits per heavy atom. The van der Waals surface area contributed by atoms with E-state index in [9.17, 15) is 9.18 Å². The summed E-state index contributed by atoms with van der Waals surface area (Å²) in [6.45, 7) is 1.64. The normalized spacial score (nSPS) is 19.2. The first-order valence-electron chi connectivity index (χ1n) is 6.32. The van der Waals surface area contributed by atoms with E-state index in [1.807, 2.05) is 4.90 Å². The van der Waals surface area contributed by atoms with Gasteiger partial charge in [0.2, 0.25) is 5.91 Å². The fourth-order valence-electron chi connectivity index (χ4n) is 2.41. The molecule has 1 saturated heterocycles. The smallest absolute Gasteiger partial charge is 0.227 e. The van der Waals surface area contributed by atoms with Crippen LogP contribution in [0.4, 0.5) is 4.39 Å². The fourth-order valence-corrected chi connectivity index (χ4v) is 2.41. The second kappa shape index (κ2) is 5.96. The van der Waals surface area contributed by atoms with Crippen LogP contribution in [0.25, 0.3) is 0 Å². The zero-order chi connectivity index (χ0) is 13.0. The number of rotatable bonds is 4. The first kappa shape index (κ1) is 13.0. The van der Waals surface area contributed by atoms with Gasteiger partial charge in [0.05, 0.1) is 6.42 Å². The number of likely N-dealkylation sites (tertiary alicyclic amines) is 1. The van der Waals surface area contributed by atoms with Gasteiger partial charge in [-0.2, -0.15) is 0 Å². The van der Waals surface area contributed by atoms with Crippen LogP contribution >= 0.6 is 0 Å². The van der Waals surface area contributed by atoms with Crippen molar-refractivity contribution in [3.8, 4) is 0 Å². The summed E-state index contributed by atoms with van der Waals surface area (Å²) in [5.41, 5.74) is 0.714. The molecule has 1 N–H and O–H groups in total. The Morgan fingerprint density at radius 3 is 3.06 bits per heavy atom. The van der Waals surface area contributed by atoms with Crippen LogP contribution < -0.4 is 0 Å². The van der Waals surface area contributed by atoms with Crippen molar-refractivity contribution in [2.45, 2.75) is 19.3 Å². The largest absolute Gasteiger partial charge is 0.396 e. The molecule has 0 aliphatic carbocycles. The highest BCUT2D eigenvalue weighted by Crippen LogP contribution is 2.20. The molecule has 1 aliphatic rings. The maximum Gasteiger partial charge on any atom is 0.227 e. The predicted molar refractivity (Wildman–Crippen MR) is 66.5 cm³/mol. The number of nitrogens with zero attached hydrogens (tertiary/aromatic N) is 1. The second-order valence-corrected chi connectivity index (χ2v) is 4.81. The van der Waals surface area contributed by atoms with E-state index < -0.39 is 0 Å². The zero-order valence-corrected chi connectivity index (χ0v) is 10.3. The van der Waals surface area contributed by atoms with Gasteiger partial charge in [0, 0.05) is 19.7 Å². The lowest BCUT2D eigenvalue weighted by atomic mass is 10.1. The van der Waals surface area contributed by atoms with Crippen LogP contribution in [0.15, 0.2) is 24.3 Å². The van der Waals surface area contributed by atoms with Crippen molar-refractivity contribution in [2.75, 3.05) is 19.7 Å². The van der Waals surface area contributed by atoms with Crippen LogP contribution in [-0.4, -0.2) is 35.6 Å². The maximum absolute atomic E-state index is 13.0. The number of aliphatic hydroxyl groups is 1. The van der Waals surface area contributed by atoms with Gasteiger partial charge in [0.25, 0.3) is 0 Å². The van der Waals surface area contributed by atoms with E-state index >= 15 is 0 Å². The lowest BCUT2D eigenvalue weighted by Crippen LogP contribution is -2.30. The number of amides is 1. The van der Waals surface area contributed by atoms with E-state index in [-0.39, 0.29) is 24.8 Å². The highest BCUT2D eigenvalue weighted by atomic mass is 19.1. The van der Waals surface area contributed by atoms with E-state index in [1.165, 1.54) is 12.1 Å². The minimum Gasteiger partial charge on any atom is -0.396 e. The van der Waals surface area contributed by atoms with Crippen molar-refractivity contribution in [3.05, 3.63) is 35.6 Å². The molecule has 0 spiro atoms. The third-order valence-electron chi connectivity index (χ3n) is 3.42. The molecule has 1 heterocycles. The summed E-state index contributed by atoms with van der Waals surface area (Å²) >= 11 is 0. The van der Waals surface area contributed by atoms with E-state index in [2.05, 4.69) is 0 Å². The molecule has 4 heteroatoms. The summed E-state index contributed by atoms with van der Waals surface area (Å²) in [5.74, 6) is 0.146. The van der Waals surface area contributed by atoms with Crippen molar-refractivity contribution in [1.82, 2.24) is 4.90 Å². The summed E-state index contributed by atoms with van der Waals surface area (Å²) in [5, 5.41) is 8.87. The SMILES string of the molecule is O=C(Cc1cccc(F)c1)N1CCC(CCO)C1. The number of aliphatic hydroxyl groups excluding tert-OH is 1. The maximum atomic E-state index is 13.0. The molecule has 0 aromatic heterocycles. The van der Waals surface area contributed by atoms with Crippen molar-refractivity contribution in [1.29, 1.82) is 0 Å². The topological polar surface area (TPSA) is 40.5 Å². The quantitative estimate of drug-likeness (QED) is 0.883. The lowest BCUT2D eigenvalue weighted by molar-refractivity contribution is -0.129. The molecule has 1 aromatic rings. The lowest BCUT2D eigenvalue weighted by Gasteiger charge is -2.16. The summed E-state index contributed by atoms with van der Waals surface area (Å²) < 4.78 is 13.0. The Kier molecular flexibility index (Phi) is 4.31. The summed E-state index contributed by atoms with van der Waals surface area (Å²) in [4.78, 5) is 13.8. The molecular formula is C14H18FNO2. The summed E-state index contributed by atoms with van der Waals surface area (Å²) in [6.07, 6.45) is 1.96. The monoisotopic (exact) mass is 251 g/mol. The number of carbonyl (C=O) groups excluding carboxylic acids is 1. The van der Waals surface area contributed by atoms with E-state index in [4.69, 9.17) is 5.11 Å². The molecule has 1 unspecified atom stereocenters. The molecule has 0 saturated carbocycles. The fraction of sp³-hybridized carbons (Fsp3) is 0.500. The van der Waals surface area contributed by atoms with Gasteiger partial charge in [-0.25, -0.2) is 4.39 Å². The number of benzene rings is 1. The molecule has 2 rings (SSSR count). The highest BCUT2D eigenvalue weighted by molar-refractivity contribution is 5.79. The molecule has 18 heavy (non-hydrogen) atoms. The first-order valence-corrected chi connectivity index (χ1v) is 6.32. The average Bonchev–Trinajstić information content (AvgIpc) is 2.78. The number of hydrogen-bond acceptors (Lipinski definition) is 2. The Labute approximate surface area is 106 Å². The van der Waals surface area contributed by atoms with Crippen LogP contribution in [0.5, 0.6) is 0 Å². The van der Waals surface area contributed by atoms with Crippen molar-refractivity contribution >= 4 is 5.91 Å². The molecule has 1 aliphatic heterocycles. The molecule has 1 fully saturated rings. The van der Waals surface area contributed by atoms with E-state index in [0.717, 1.165) is 19.4 Å². The number of hydrogen-bond donors (Lipinski definition) is 1. The molecule has 98 valence electrons. The molecular weight excluding hydrogens is 233 g/mol. The minimum absolute atomic E-state index is 0.0426. The summed E-state index contributed by atoms with van der Waals surface area (Å²) in [7, 11) is 0. The number of halogens is 1. The number of carbonyl (C=O) groups is 1. The van der Waals surface area contributed by atoms with E-state index in [0.29, 0.717) is 18.0 Å². The van der Waals surface area contributed by atoms with Crippen LogP contribution in [0.3, 0.4) is 0 Å². The van der Waals surface area contributed by atoms with Gasteiger partial charge >= 0.3 is 0 Å². The summed E-state index contributed by atoms with van der Waals surface area (Å²) in [6, 6.07) is 6.17. The molecule has 0 bridgehead atoms. The molecule has 0 radical (unpaired) electrons. The molecule has 1 atom stereocenters. The van der Waals surface area contributed by atoms with Crippen molar-refractivity contribution in [2.24, 2.45) is 5.92 Å². The van der Waals surface area contributed by atoms with Crippen LogP contribution in [0.1, 0.15) is 18.4 Å². The Bertz CT molecular complexity index is 422. The average molecular weight is 251 g/mol. The van der Waals surface area contributed by atoms with E-state index in [1.54, 1.807) is 12.1 Å². The first-order chi connectivity index (χ1) is 8.69. The van der Waals surface area contributed by atoms with Gasteiger partial charge in [0.1, 0.15) is 5.82 Å². The van der Waals surface area contributed by atoms with Gasteiger partial charge in [-0.05, 0) is 36.5 Å². The third kappa shape index (κ3) is 3.29. The van der Waals surface area contributed by atoms with Crippen molar-refractivity contribution < 1.29 is 14.3 Å². The Balaban J connectivity index is 1.89. The Hall–Kier alpha value is -1.42.